The third-order valence-electron chi connectivity index (χ3n) is 4.59. The number of para-hydroxylation sites is 2. The van der Waals surface area contributed by atoms with Crippen LogP contribution in [0.5, 0.6) is 5.75 Å². The largest absolute Gasteiger partial charge is 0.497 e. The molecule has 3 rings (SSSR count). The van der Waals surface area contributed by atoms with E-state index in [2.05, 4.69) is 5.32 Å². The minimum atomic E-state index is -3.75. The lowest BCUT2D eigenvalue weighted by Gasteiger charge is -2.23. The Morgan fingerprint density at radius 1 is 1.07 bits per heavy atom. The zero-order valence-corrected chi connectivity index (χ0v) is 16.6. The van der Waals surface area contributed by atoms with Crippen molar-refractivity contribution in [2.75, 3.05) is 43.0 Å². The molecule has 0 spiro atoms. The van der Waals surface area contributed by atoms with Crippen molar-refractivity contribution < 1.29 is 17.9 Å². The summed E-state index contributed by atoms with van der Waals surface area (Å²) in [5.41, 5.74) is 1.84. The molecule has 2 aromatic carbocycles. The van der Waals surface area contributed by atoms with Gasteiger partial charge in [-0.1, -0.05) is 18.2 Å². The van der Waals surface area contributed by atoms with Crippen LogP contribution in [0.1, 0.15) is 6.42 Å². The standard InChI is InChI=1S/C19H25N3O4S/c1-20-14-17(26-3)11-12-21-18-9-4-5-10-19(18)22(27(21,23)24)15-7-6-8-16(13-15)25-2/h4-10,13,17,20H,11-12,14H2,1-3H3/t17-/m0/s1. The van der Waals surface area contributed by atoms with Crippen molar-refractivity contribution >= 4 is 27.3 Å². The van der Waals surface area contributed by atoms with Crippen LogP contribution in [0.2, 0.25) is 0 Å². The minimum Gasteiger partial charge on any atom is -0.497 e. The van der Waals surface area contributed by atoms with Gasteiger partial charge in [0.1, 0.15) is 5.75 Å². The molecule has 146 valence electrons. The third-order valence-corrected chi connectivity index (χ3v) is 6.39. The van der Waals surface area contributed by atoms with Gasteiger partial charge in [0.15, 0.2) is 0 Å². The van der Waals surface area contributed by atoms with Gasteiger partial charge < -0.3 is 14.8 Å². The van der Waals surface area contributed by atoms with E-state index in [9.17, 15) is 8.42 Å². The number of anilines is 3. The molecule has 0 saturated heterocycles. The Morgan fingerprint density at radius 2 is 1.81 bits per heavy atom. The zero-order valence-electron chi connectivity index (χ0n) is 15.8. The number of methoxy groups -OCH3 is 2. The Bertz CT molecular complexity index is 888. The van der Waals surface area contributed by atoms with E-state index in [-0.39, 0.29) is 6.10 Å². The molecule has 0 amide bonds. The third kappa shape index (κ3) is 3.73. The molecule has 7 nitrogen and oxygen atoms in total. The van der Waals surface area contributed by atoms with Crippen LogP contribution in [0, 0.1) is 0 Å². The van der Waals surface area contributed by atoms with Crippen LogP contribution in [0.25, 0.3) is 0 Å². The molecule has 1 heterocycles. The van der Waals surface area contributed by atoms with E-state index in [1.165, 1.54) is 8.61 Å². The molecule has 1 aliphatic heterocycles. The highest BCUT2D eigenvalue weighted by Crippen LogP contribution is 2.45. The first-order chi connectivity index (χ1) is 13.0. The summed E-state index contributed by atoms with van der Waals surface area (Å²) in [5, 5.41) is 3.06. The van der Waals surface area contributed by atoms with Crippen molar-refractivity contribution in [2.24, 2.45) is 0 Å². The van der Waals surface area contributed by atoms with Crippen LogP contribution in [-0.2, 0) is 14.9 Å². The summed E-state index contributed by atoms with van der Waals surface area (Å²) in [6.07, 6.45) is 0.514. The first-order valence-electron chi connectivity index (χ1n) is 8.76. The van der Waals surface area contributed by atoms with Crippen LogP contribution in [0.4, 0.5) is 17.1 Å². The van der Waals surface area contributed by atoms with Crippen molar-refractivity contribution in [1.29, 1.82) is 0 Å². The van der Waals surface area contributed by atoms with Crippen LogP contribution < -0.4 is 18.7 Å². The topological polar surface area (TPSA) is 71.1 Å². The van der Waals surface area contributed by atoms with E-state index in [4.69, 9.17) is 9.47 Å². The number of hydrogen-bond donors (Lipinski definition) is 1. The fourth-order valence-electron chi connectivity index (χ4n) is 3.23. The number of rotatable bonds is 8. The van der Waals surface area contributed by atoms with Gasteiger partial charge in [0, 0.05) is 26.3 Å². The van der Waals surface area contributed by atoms with Gasteiger partial charge in [0.2, 0.25) is 0 Å². The average molecular weight is 391 g/mol. The number of ether oxygens (including phenoxy) is 2. The summed E-state index contributed by atoms with van der Waals surface area (Å²) >= 11 is 0. The highest BCUT2D eigenvalue weighted by molar-refractivity contribution is 7.95. The smallest absolute Gasteiger partial charge is 0.330 e. The summed E-state index contributed by atoms with van der Waals surface area (Å²) in [6, 6.07) is 14.4. The Kier molecular flexibility index (Phi) is 5.88. The summed E-state index contributed by atoms with van der Waals surface area (Å²) < 4.78 is 40.2. The molecule has 0 bridgehead atoms. The van der Waals surface area contributed by atoms with Gasteiger partial charge in [-0.2, -0.15) is 8.42 Å². The molecular weight excluding hydrogens is 366 g/mol. The minimum absolute atomic E-state index is 0.0665. The average Bonchev–Trinajstić information content (AvgIpc) is 2.91. The normalized spacial score (nSPS) is 16.3. The van der Waals surface area contributed by atoms with Crippen molar-refractivity contribution in [1.82, 2.24) is 5.32 Å². The first-order valence-corrected chi connectivity index (χ1v) is 10.2. The van der Waals surface area contributed by atoms with Crippen molar-refractivity contribution in [3.05, 3.63) is 48.5 Å². The molecular formula is C19H25N3O4S. The second-order valence-corrected chi connectivity index (χ2v) is 7.94. The number of hydrogen-bond acceptors (Lipinski definition) is 5. The monoisotopic (exact) mass is 391 g/mol. The van der Waals surface area contributed by atoms with Gasteiger partial charge in [0.05, 0.1) is 30.3 Å². The summed E-state index contributed by atoms with van der Waals surface area (Å²) in [5.74, 6) is 0.604. The lowest BCUT2D eigenvalue weighted by atomic mass is 10.2. The van der Waals surface area contributed by atoms with Crippen LogP contribution in [-0.4, -0.2) is 48.9 Å². The summed E-state index contributed by atoms with van der Waals surface area (Å²) in [6.45, 7) is 0.992. The van der Waals surface area contributed by atoms with Gasteiger partial charge in [-0.25, -0.2) is 4.31 Å². The maximum atomic E-state index is 13.4. The Balaban J connectivity index is 1.97. The van der Waals surface area contributed by atoms with Gasteiger partial charge in [0.25, 0.3) is 0 Å². The molecule has 0 aliphatic carbocycles. The van der Waals surface area contributed by atoms with E-state index in [1.54, 1.807) is 38.5 Å². The molecule has 0 aromatic heterocycles. The molecule has 0 fully saturated rings. The molecule has 1 aliphatic rings. The molecule has 2 aromatic rings. The first kappa shape index (κ1) is 19.5. The van der Waals surface area contributed by atoms with Gasteiger partial charge in [-0.05, 0) is 37.7 Å². The van der Waals surface area contributed by atoms with Crippen molar-refractivity contribution in [3.63, 3.8) is 0 Å². The number of fused-ring (bicyclic) bond motifs is 1. The van der Waals surface area contributed by atoms with Crippen molar-refractivity contribution in [2.45, 2.75) is 12.5 Å². The molecule has 27 heavy (non-hydrogen) atoms. The SMILES string of the molecule is CNC[C@H](CCN1c2ccccc2N(c2cccc(OC)c2)S1(=O)=O)OC. The molecule has 0 unspecified atom stereocenters. The quantitative estimate of drug-likeness (QED) is 0.749. The Hall–Kier alpha value is -2.29. The summed E-state index contributed by atoms with van der Waals surface area (Å²) in [4.78, 5) is 0. The Morgan fingerprint density at radius 3 is 2.48 bits per heavy atom. The van der Waals surface area contributed by atoms with E-state index in [0.29, 0.717) is 42.3 Å². The molecule has 0 saturated carbocycles. The lowest BCUT2D eigenvalue weighted by Crippen LogP contribution is -2.38. The van der Waals surface area contributed by atoms with Crippen LogP contribution in [0.3, 0.4) is 0 Å². The van der Waals surface area contributed by atoms with Gasteiger partial charge >= 0.3 is 10.2 Å². The maximum Gasteiger partial charge on any atom is 0.330 e. The van der Waals surface area contributed by atoms with Gasteiger partial charge in [-0.3, -0.25) is 4.31 Å². The zero-order chi connectivity index (χ0) is 19.4. The highest BCUT2D eigenvalue weighted by Gasteiger charge is 2.41. The summed E-state index contributed by atoms with van der Waals surface area (Å²) in [7, 11) is 1.29. The van der Waals surface area contributed by atoms with E-state index in [1.807, 2.05) is 31.3 Å². The van der Waals surface area contributed by atoms with E-state index < -0.39 is 10.2 Å². The second-order valence-electron chi connectivity index (χ2n) is 6.24. The fourth-order valence-corrected chi connectivity index (χ4v) is 4.95. The number of benzene rings is 2. The fraction of sp³-hybridized carbons (Fsp3) is 0.368. The van der Waals surface area contributed by atoms with E-state index in [0.717, 1.165) is 0 Å². The molecule has 8 heteroatoms. The Labute approximate surface area is 160 Å². The van der Waals surface area contributed by atoms with Crippen LogP contribution >= 0.6 is 0 Å². The molecule has 1 N–H and O–H groups in total. The predicted octanol–water partition coefficient (Wildman–Crippen LogP) is 2.52. The highest BCUT2D eigenvalue weighted by atomic mass is 32.2. The number of nitrogens with zero attached hydrogens (tertiary/aromatic N) is 2. The number of nitrogens with one attached hydrogen (secondary N) is 1. The second kappa shape index (κ2) is 8.16. The van der Waals surface area contributed by atoms with Crippen molar-refractivity contribution in [3.8, 4) is 5.75 Å². The van der Waals surface area contributed by atoms with Gasteiger partial charge in [-0.15, -0.1) is 0 Å². The number of likely N-dealkylation sites (N-methyl/N-ethyl adjacent to an activating group) is 1. The lowest BCUT2D eigenvalue weighted by molar-refractivity contribution is 0.0985. The molecule has 0 radical (unpaired) electrons. The predicted molar refractivity (Wildman–Crippen MR) is 107 cm³/mol. The van der Waals surface area contributed by atoms with Crippen LogP contribution in [0.15, 0.2) is 48.5 Å². The maximum absolute atomic E-state index is 13.4. The van der Waals surface area contributed by atoms with E-state index >= 15 is 0 Å². The molecule has 1 atom stereocenters.